The molecule has 1 aromatic rings. The van der Waals surface area contributed by atoms with Crippen LogP contribution >= 0.6 is 0 Å². The fourth-order valence-corrected chi connectivity index (χ4v) is 3.04. The Balaban J connectivity index is 1.76. The molecule has 0 aromatic heterocycles. The number of ether oxygens (including phenoxy) is 1. The summed E-state index contributed by atoms with van der Waals surface area (Å²) in [5, 5.41) is 2.28. The van der Waals surface area contributed by atoms with Gasteiger partial charge >= 0.3 is 0 Å². The first-order chi connectivity index (χ1) is 11.6. The minimum Gasteiger partial charge on any atom is -0.493 e. The number of fused-ring (bicyclic) bond motifs is 1. The van der Waals surface area contributed by atoms with E-state index >= 15 is 0 Å². The van der Waals surface area contributed by atoms with Crippen LogP contribution < -0.4 is 10.1 Å². The number of nitrogens with one attached hydrogen (secondary N) is 1. The van der Waals surface area contributed by atoms with Crippen LogP contribution in [0, 0.1) is 0 Å². The molecule has 0 bridgehead atoms. The van der Waals surface area contributed by atoms with Crippen molar-refractivity contribution >= 4 is 24.0 Å². The van der Waals surface area contributed by atoms with Crippen molar-refractivity contribution in [3.63, 3.8) is 0 Å². The molecule has 0 spiro atoms. The lowest BCUT2D eigenvalue weighted by Crippen LogP contribution is -2.52. The summed E-state index contributed by atoms with van der Waals surface area (Å²) in [7, 11) is 0. The van der Waals surface area contributed by atoms with Gasteiger partial charge in [-0.25, -0.2) is 0 Å². The molecule has 2 aliphatic heterocycles. The van der Waals surface area contributed by atoms with Gasteiger partial charge in [0.2, 0.25) is 11.8 Å². The van der Waals surface area contributed by atoms with Crippen molar-refractivity contribution < 1.29 is 23.9 Å². The monoisotopic (exact) mass is 330 g/mol. The fraction of sp³-hybridized carbons (Fsp3) is 0.412. The Morgan fingerprint density at radius 2 is 2.12 bits per heavy atom. The van der Waals surface area contributed by atoms with E-state index in [2.05, 4.69) is 5.32 Å². The number of benzene rings is 1. The molecule has 24 heavy (non-hydrogen) atoms. The van der Waals surface area contributed by atoms with Crippen LogP contribution in [0.1, 0.15) is 41.6 Å². The van der Waals surface area contributed by atoms with Crippen LogP contribution in [0.25, 0.3) is 0 Å². The zero-order chi connectivity index (χ0) is 17.1. The number of amides is 3. The first-order valence-corrected chi connectivity index (χ1v) is 7.95. The first kappa shape index (κ1) is 16.2. The number of carbonyl (C=O) groups excluding carboxylic acids is 4. The molecule has 7 heteroatoms. The van der Waals surface area contributed by atoms with Gasteiger partial charge in [0.25, 0.3) is 5.91 Å². The summed E-state index contributed by atoms with van der Waals surface area (Å²) in [5.41, 5.74) is 1.27. The highest BCUT2D eigenvalue weighted by Gasteiger charge is 2.40. The Labute approximate surface area is 139 Å². The van der Waals surface area contributed by atoms with Gasteiger partial charge in [-0.2, -0.15) is 0 Å². The number of unbranched alkanes of at least 4 members (excludes halogenated alkanes) is 1. The number of piperidine rings is 1. The minimum atomic E-state index is -0.634. The van der Waals surface area contributed by atoms with E-state index in [1.807, 2.05) is 0 Å². The second-order valence-electron chi connectivity index (χ2n) is 5.84. The average Bonchev–Trinajstić information content (AvgIpc) is 2.89. The predicted molar refractivity (Wildman–Crippen MR) is 83.3 cm³/mol. The molecule has 0 radical (unpaired) electrons. The highest BCUT2D eigenvalue weighted by atomic mass is 16.5. The van der Waals surface area contributed by atoms with Crippen molar-refractivity contribution in [3.8, 4) is 5.75 Å². The van der Waals surface area contributed by atoms with Crippen molar-refractivity contribution in [1.29, 1.82) is 0 Å². The number of nitrogens with zero attached hydrogens (tertiary/aromatic N) is 1. The molecule has 126 valence electrons. The van der Waals surface area contributed by atoms with E-state index in [1.165, 1.54) is 4.90 Å². The van der Waals surface area contributed by atoms with Gasteiger partial charge in [0.05, 0.1) is 13.2 Å². The van der Waals surface area contributed by atoms with E-state index in [4.69, 9.17) is 4.74 Å². The second kappa shape index (κ2) is 6.82. The van der Waals surface area contributed by atoms with E-state index in [0.717, 1.165) is 11.8 Å². The number of carbonyl (C=O) groups is 4. The zero-order valence-corrected chi connectivity index (χ0v) is 13.1. The van der Waals surface area contributed by atoms with Crippen molar-refractivity contribution in [1.82, 2.24) is 10.2 Å². The van der Waals surface area contributed by atoms with Gasteiger partial charge in [-0.15, -0.1) is 0 Å². The molecule has 2 heterocycles. The van der Waals surface area contributed by atoms with E-state index in [1.54, 1.807) is 18.2 Å². The molecule has 2 aliphatic rings. The summed E-state index contributed by atoms with van der Waals surface area (Å²) in [4.78, 5) is 47.8. The van der Waals surface area contributed by atoms with Gasteiger partial charge in [-0.3, -0.25) is 19.7 Å². The van der Waals surface area contributed by atoms with Crippen LogP contribution in [0.2, 0.25) is 0 Å². The molecule has 1 fully saturated rings. The third-order valence-corrected chi connectivity index (χ3v) is 4.26. The Morgan fingerprint density at radius 1 is 1.29 bits per heavy atom. The van der Waals surface area contributed by atoms with Crippen LogP contribution in [0.3, 0.4) is 0 Å². The summed E-state index contributed by atoms with van der Waals surface area (Å²) < 4.78 is 5.69. The van der Waals surface area contributed by atoms with Gasteiger partial charge in [0, 0.05) is 24.0 Å². The Kier molecular flexibility index (Phi) is 4.59. The van der Waals surface area contributed by atoms with Gasteiger partial charge in [-0.1, -0.05) is 6.07 Å². The Bertz CT molecular complexity index is 700. The molecule has 1 atom stereocenters. The molecule has 1 aromatic carbocycles. The largest absolute Gasteiger partial charge is 0.493 e. The van der Waals surface area contributed by atoms with Crippen molar-refractivity contribution in [2.75, 3.05) is 6.61 Å². The van der Waals surface area contributed by atoms with E-state index < -0.39 is 11.9 Å². The zero-order valence-electron chi connectivity index (χ0n) is 13.1. The maximum atomic E-state index is 12.6. The van der Waals surface area contributed by atoms with Crippen molar-refractivity contribution in [2.45, 2.75) is 38.3 Å². The molecule has 0 saturated carbocycles. The number of rotatable bonds is 6. The van der Waals surface area contributed by atoms with E-state index in [-0.39, 0.29) is 24.8 Å². The van der Waals surface area contributed by atoms with Crippen molar-refractivity contribution in [3.05, 3.63) is 29.3 Å². The first-order valence-electron chi connectivity index (χ1n) is 7.95. The minimum absolute atomic E-state index is 0.224. The van der Waals surface area contributed by atoms with Crippen LogP contribution in [0.4, 0.5) is 0 Å². The quantitative estimate of drug-likeness (QED) is 0.473. The topological polar surface area (TPSA) is 92.8 Å². The number of aldehydes is 1. The standard InChI is InChI=1S/C17H18N2O5/c20-8-1-2-9-24-14-5-3-4-11-12(14)10-19(17(11)23)13-6-7-15(21)18-16(13)22/h3-5,8,13H,1-2,6-7,9-10H2,(H,18,21,22). The smallest absolute Gasteiger partial charge is 0.255 e. The molecular weight excluding hydrogens is 312 g/mol. The lowest BCUT2D eigenvalue weighted by molar-refractivity contribution is -0.136. The van der Waals surface area contributed by atoms with Crippen molar-refractivity contribution in [2.24, 2.45) is 0 Å². The lowest BCUT2D eigenvalue weighted by Gasteiger charge is -2.29. The number of hydrogen-bond acceptors (Lipinski definition) is 5. The average molecular weight is 330 g/mol. The highest BCUT2D eigenvalue weighted by molar-refractivity contribution is 6.05. The van der Waals surface area contributed by atoms with Gasteiger partial charge in [0.1, 0.15) is 18.1 Å². The van der Waals surface area contributed by atoms with E-state index in [9.17, 15) is 19.2 Å². The molecule has 0 aliphatic carbocycles. The Morgan fingerprint density at radius 3 is 2.88 bits per heavy atom. The van der Waals surface area contributed by atoms with Crippen LogP contribution in [-0.4, -0.2) is 41.6 Å². The third kappa shape index (κ3) is 3.02. The molecule has 1 unspecified atom stereocenters. The van der Waals surface area contributed by atoms with Crippen LogP contribution in [0.5, 0.6) is 5.75 Å². The highest BCUT2D eigenvalue weighted by Crippen LogP contribution is 2.33. The van der Waals surface area contributed by atoms with E-state index in [0.29, 0.717) is 37.2 Å². The van der Waals surface area contributed by atoms with Gasteiger partial charge in [0.15, 0.2) is 0 Å². The third-order valence-electron chi connectivity index (χ3n) is 4.26. The summed E-state index contributed by atoms with van der Waals surface area (Å²) >= 11 is 0. The molecule has 3 rings (SSSR count). The Hall–Kier alpha value is -2.70. The summed E-state index contributed by atoms with van der Waals surface area (Å²) in [6.45, 7) is 0.673. The van der Waals surface area contributed by atoms with Gasteiger partial charge < -0.3 is 14.4 Å². The normalized spacial score (nSPS) is 19.9. The van der Waals surface area contributed by atoms with Crippen LogP contribution in [0.15, 0.2) is 18.2 Å². The maximum absolute atomic E-state index is 12.6. The molecular formula is C17H18N2O5. The number of hydrogen-bond donors (Lipinski definition) is 1. The van der Waals surface area contributed by atoms with Gasteiger partial charge in [-0.05, 0) is 25.0 Å². The fourth-order valence-electron chi connectivity index (χ4n) is 3.04. The molecule has 1 saturated heterocycles. The second-order valence-corrected chi connectivity index (χ2v) is 5.84. The summed E-state index contributed by atoms with van der Waals surface area (Å²) in [6, 6.07) is 4.59. The summed E-state index contributed by atoms with van der Waals surface area (Å²) in [5.74, 6) is -0.361. The molecule has 1 N–H and O–H groups in total. The predicted octanol–water partition coefficient (Wildman–Crippen LogP) is 0.805. The van der Waals surface area contributed by atoms with Crippen LogP contribution in [-0.2, 0) is 20.9 Å². The summed E-state index contributed by atoms with van der Waals surface area (Å²) in [6.07, 6.45) is 2.44. The molecule has 3 amide bonds. The number of imide groups is 1. The molecule has 7 nitrogen and oxygen atoms in total. The SMILES string of the molecule is O=CCCCOc1cccc2c1CN(C1CCC(=O)NC1=O)C2=O. The lowest BCUT2D eigenvalue weighted by atomic mass is 10.0. The maximum Gasteiger partial charge on any atom is 0.255 e.